The molecular weight excluding hydrogens is 246 g/mol. The Morgan fingerprint density at radius 2 is 2.44 bits per heavy atom. The van der Waals surface area contributed by atoms with Crippen LogP contribution < -0.4 is 0 Å². The van der Waals surface area contributed by atoms with E-state index in [0.29, 0.717) is 12.5 Å². The molecule has 1 aliphatic heterocycles. The van der Waals surface area contributed by atoms with E-state index in [4.69, 9.17) is 0 Å². The smallest absolute Gasteiger partial charge is 0.228 e. The minimum absolute atomic E-state index is 0.216. The number of carbonyl (C=O) groups excluding carboxylic acids is 1. The van der Waals surface area contributed by atoms with E-state index < -0.39 is 0 Å². The molecule has 2 aromatic heterocycles. The largest absolute Gasteiger partial charge is 0.340 e. The van der Waals surface area contributed by atoms with Crippen molar-refractivity contribution in [3.63, 3.8) is 0 Å². The second kappa shape index (κ2) is 4.72. The van der Waals surface area contributed by atoms with Gasteiger partial charge in [-0.25, -0.2) is 4.98 Å². The Hall–Kier alpha value is -1.36. The van der Waals surface area contributed by atoms with Crippen molar-refractivity contribution in [2.75, 3.05) is 6.54 Å². The third-order valence-electron chi connectivity index (χ3n) is 3.60. The number of carbonyl (C=O) groups is 1. The van der Waals surface area contributed by atoms with Gasteiger partial charge >= 0.3 is 0 Å². The summed E-state index contributed by atoms with van der Waals surface area (Å²) in [6, 6.07) is 0.384. The molecule has 18 heavy (non-hydrogen) atoms. The van der Waals surface area contributed by atoms with Crippen LogP contribution in [0.5, 0.6) is 0 Å². The van der Waals surface area contributed by atoms with Crippen LogP contribution in [-0.2, 0) is 11.2 Å². The number of aromatic nitrogens is 2. The fourth-order valence-electron chi connectivity index (χ4n) is 2.59. The van der Waals surface area contributed by atoms with Gasteiger partial charge in [0.15, 0.2) is 4.96 Å². The second-order valence-corrected chi connectivity index (χ2v) is 5.81. The highest BCUT2D eigenvalue weighted by molar-refractivity contribution is 7.15. The summed E-state index contributed by atoms with van der Waals surface area (Å²) in [7, 11) is 0. The molecule has 0 N–H and O–H groups in total. The Bertz CT molecular complexity index is 531. The zero-order chi connectivity index (χ0) is 12.5. The molecule has 5 heteroatoms. The topological polar surface area (TPSA) is 37.6 Å². The van der Waals surface area contributed by atoms with E-state index in [1.54, 1.807) is 11.3 Å². The SMILES string of the molecule is C[C@@H]1CCCCN1C(=O)Cc1cn2ccsc2n1. The minimum Gasteiger partial charge on any atom is -0.340 e. The number of nitrogens with zero attached hydrogens (tertiary/aromatic N) is 3. The number of imidazole rings is 1. The third kappa shape index (κ3) is 2.14. The number of hydrogen-bond donors (Lipinski definition) is 0. The van der Waals surface area contributed by atoms with Gasteiger partial charge in [-0.1, -0.05) is 0 Å². The average molecular weight is 263 g/mol. The second-order valence-electron chi connectivity index (χ2n) is 4.93. The third-order valence-corrected chi connectivity index (χ3v) is 4.37. The molecule has 4 nitrogen and oxygen atoms in total. The van der Waals surface area contributed by atoms with Crippen molar-refractivity contribution in [2.24, 2.45) is 0 Å². The Labute approximate surface area is 110 Å². The van der Waals surface area contributed by atoms with Crippen LogP contribution in [0.4, 0.5) is 0 Å². The fourth-order valence-corrected chi connectivity index (χ4v) is 3.31. The van der Waals surface area contributed by atoms with Crippen molar-refractivity contribution in [2.45, 2.75) is 38.6 Å². The molecule has 0 saturated carbocycles. The van der Waals surface area contributed by atoms with Gasteiger partial charge in [-0.2, -0.15) is 0 Å². The van der Waals surface area contributed by atoms with Crippen molar-refractivity contribution in [3.05, 3.63) is 23.5 Å². The highest BCUT2D eigenvalue weighted by Gasteiger charge is 2.23. The zero-order valence-electron chi connectivity index (χ0n) is 10.5. The first-order chi connectivity index (χ1) is 8.74. The minimum atomic E-state index is 0.216. The number of piperidine rings is 1. The molecule has 0 aliphatic carbocycles. The molecule has 0 bridgehead atoms. The Balaban J connectivity index is 1.71. The van der Waals surface area contributed by atoms with Gasteiger partial charge in [-0.15, -0.1) is 11.3 Å². The van der Waals surface area contributed by atoms with Gasteiger partial charge in [-0.3, -0.25) is 9.20 Å². The molecule has 1 aliphatic rings. The van der Waals surface area contributed by atoms with E-state index in [1.165, 1.54) is 6.42 Å². The maximum absolute atomic E-state index is 12.3. The molecule has 2 aromatic rings. The molecule has 1 saturated heterocycles. The van der Waals surface area contributed by atoms with Gasteiger partial charge in [0.2, 0.25) is 5.91 Å². The lowest BCUT2D eigenvalue weighted by atomic mass is 10.0. The predicted octanol–water partition coefficient (Wildman–Crippen LogP) is 2.34. The molecule has 0 unspecified atom stereocenters. The van der Waals surface area contributed by atoms with Gasteiger partial charge in [0.1, 0.15) is 0 Å². The summed E-state index contributed by atoms with van der Waals surface area (Å²) in [6.07, 6.45) is 7.87. The van der Waals surface area contributed by atoms with Gasteiger partial charge in [-0.05, 0) is 26.2 Å². The molecule has 3 heterocycles. The van der Waals surface area contributed by atoms with Gasteiger partial charge < -0.3 is 4.90 Å². The van der Waals surface area contributed by atoms with Crippen LogP contribution in [0, 0.1) is 0 Å². The number of thiazole rings is 1. The Morgan fingerprint density at radius 1 is 1.56 bits per heavy atom. The van der Waals surface area contributed by atoms with Crippen molar-refractivity contribution in [1.29, 1.82) is 0 Å². The van der Waals surface area contributed by atoms with Crippen LogP contribution in [0.2, 0.25) is 0 Å². The van der Waals surface area contributed by atoms with E-state index in [-0.39, 0.29) is 5.91 Å². The van der Waals surface area contributed by atoms with Crippen LogP contribution in [0.25, 0.3) is 4.96 Å². The molecule has 0 aromatic carbocycles. The van der Waals surface area contributed by atoms with E-state index in [1.807, 2.05) is 27.1 Å². The summed E-state index contributed by atoms with van der Waals surface area (Å²) in [5.41, 5.74) is 0.879. The highest BCUT2D eigenvalue weighted by Crippen LogP contribution is 2.18. The number of likely N-dealkylation sites (tertiary alicyclic amines) is 1. The summed E-state index contributed by atoms with van der Waals surface area (Å²) in [5, 5.41) is 2.00. The summed E-state index contributed by atoms with van der Waals surface area (Å²) < 4.78 is 1.98. The molecule has 1 atom stereocenters. The van der Waals surface area contributed by atoms with Crippen LogP contribution >= 0.6 is 11.3 Å². The van der Waals surface area contributed by atoms with Gasteiger partial charge in [0.05, 0.1) is 12.1 Å². The monoisotopic (exact) mass is 263 g/mol. The first kappa shape index (κ1) is 11.7. The predicted molar refractivity (Wildman–Crippen MR) is 71.8 cm³/mol. The highest BCUT2D eigenvalue weighted by atomic mass is 32.1. The molecule has 1 fully saturated rings. The fraction of sp³-hybridized carbons (Fsp3) is 0.538. The van der Waals surface area contributed by atoms with Crippen LogP contribution in [0.15, 0.2) is 17.8 Å². The Morgan fingerprint density at radius 3 is 3.22 bits per heavy atom. The molecular formula is C13H17N3OS. The number of amides is 1. The van der Waals surface area contributed by atoms with E-state index in [0.717, 1.165) is 30.0 Å². The maximum Gasteiger partial charge on any atom is 0.228 e. The lowest BCUT2D eigenvalue weighted by Gasteiger charge is -2.33. The summed E-state index contributed by atoms with van der Waals surface area (Å²) >= 11 is 1.60. The van der Waals surface area contributed by atoms with Crippen LogP contribution in [-0.4, -0.2) is 32.8 Å². The van der Waals surface area contributed by atoms with Crippen LogP contribution in [0.3, 0.4) is 0 Å². The van der Waals surface area contributed by atoms with Crippen molar-refractivity contribution in [3.8, 4) is 0 Å². The summed E-state index contributed by atoms with van der Waals surface area (Å²) in [4.78, 5) is 19.7. The molecule has 96 valence electrons. The lowest BCUT2D eigenvalue weighted by Crippen LogP contribution is -2.42. The number of fused-ring (bicyclic) bond motifs is 1. The number of rotatable bonds is 2. The summed E-state index contributed by atoms with van der Waals surface area (Å²) in [5.74, 6) is 0.216. The molecule has 3 rings (SSSR count). The quantitative estimate of drug-likeness (QED) is 0.834. The summed E-state index contributed by atoms with van der Waals surface area (Å²) in [6.45, 7) is 3.05. The normalized spacial score (nSPS) is 20.5. The molecule has 0 radical (unpaired) electrons. The lowest BCUT2D eigenvalue weighted by molar-refractivity contribution is -0.133. The van der Waals surface area contributed by atoms with E-state index in [2.05, 4.69) is 11.9 Å². The molecule has 1 amide bonds. The van der Waals surface area contributed by atoms with Crippen molar-refractivity contribution in [1.82, 2.24) is 14.3 Å². The first-order valence-corrected chi connectivity index (χ1v) is 7.32. The van der Waals surface area contributed by atoms with E-state index in [9.17, 15) is 4.79 Å². The number of hydrogen-bond acceptors (Lipinski definition) is 3. The van der Waals surface area contributed by atoms with Gasteiger partial charge in [0.25, 0.3) is 0 Å². The van der Waals surface area contributed by atoms with E-state index >= 15 is 0 Å². The maximum atomic E-state index is 12.3. The van der Waals surface area contributed by atoms with Crippen molar-refractivity contribution < 1.29 is 4.79 Å². The average Bonchev–Trinajstić information content (AvgIpc) is 2.90. The first-order valence-electron chi connectivity index (χ1n) is 6.44. The van der Waals surface area contributed by atoms with Gasteiger partial charge in [0, 0.05) is 30.4 Å². The van der Waals surface area contributed by atoms with Crippen LogP contribution in [0.1, 0.15) is 31.9 Å². The standard InChI is InChI=1S/C13H17N3OS/c1-10-4-2-3-5-16(10)12(17)8-11-9-15-6-7-18-13(15)14-11/h6-7,9-10H,2-5,8H2,1H3/t10-/m1/s1. The molecule has 0 spiro atoms. The van der Waals surface area contributed by atoms with Crippen molar-refractivity contribution >= 4 is 22.2 Å². The Kier molecular flexibility index (Phi) is 3.07. The zero-order valence-corrected chi connectivity index (χ0v) is 11.3.